The first-order chi connectivity index (χ1) is 18.7. The summed E-state index contributed by atoms with van der Waals surface area (Å²) >= 11 is 0. The van der Waals surface area contributed by atoms with Gasteiger partial charge in [0.2, 0.25) is 5.91 Å². The third kappa shape index (κ3) is 4.36. The number of halogens is 3. The quantitative estimate of drug-likeness (QED) is 0.351. The molecule has 5 heterocycles. The molecule has 1 unspecified atom stereocenters. The maximum absolute atomic E-state index is 13.7. The van der Waals surface area contributed by atoms with Gasteiger partial charge in [-0.25, -0.2) is 18.9 Å². The van der Waals surface area contributed by atoms with Gasteiger partial charge in [-0.3, -0.25) is 9.36 Å². The zero-order valence-corrected chi connectivity index (χ0v) is 20.8. The lowest BCUT2D eigenvalue weighted by Gasteiger charge is -2.33. The van der Waals surface area contributed by atoms with Crippen LogP contribution in [0.25, 0.3) is 33.5 Å². The number of hydrogen-bond donors (Lipinski definition) is 0. The van der Waals surface area contributed by atoms with Crippen LogP contribution in [0.3, 0.4) is 0 Å². The van der Waals surface area contributed by atoms with Gasteiger partial charge in [0.05, 0.1) is 35.9 Å². The lowest BCUT2D eigenvalue weighted by molar-refractivity contribution is -0.236. The zero-order chi connectivity index (χ0) is 27.3. The van der Waals surface area contributed by atoms with E-state index in [1.54, 1.807) is 35.1 Å². The summed E-state index contributed by atoms with van der Waals surface area (Å²) in [5.41, 5.74) is 3.94. The molecule has 6 rings (SSSR count). The first-order valence-electron chi connectivity index (χ1n) is 12.3. The van der Waals surface area contributed by atoms with Crippen molar-refractivity contribution in [2.45, 2.75) is 25.7 Å². The highest BCUT2D eigenvalue weighted by molar-refractivity contribution is 5.84. The Kier molecular flexibility index (Phi) is 5.98. The number of fused-ring (bicyclic) bond motifs is 2. The smallest absolute Gasteiger partial charge is 0.365 e. The van der Waals surface area contributed by atoms with Gasteiger partial charge in [0.15, 0.2) is 6.10 Å². The molecule has 39 heavy (non-hydrogen) atoms. The summed E-state index contributed by atoms with van der Waals surface area (Å²) in [6, 6.07) is 14.6. The van der Waals surface area contributed by atoms with E-state index >= 15 is 0 Å². The van der Waals surface area contributed by atoms with Crippen molar-refractivity contribution in [3.8, 4) is 16.9 Å². The lowest BCUT2D eigenvalue weighted by Crippen LogP contribution is -2.52. The molecule has 5 aromatic rings. The lowest BCUT2D eigenvalue weighted by atomic mass is 10.1. The first kappa shape index (κ1) is 24.9. The van der Waals surface area contributed by atoms with Crippen LogP contribution in [0, 0.1) is 6.92 Å². The van der Waals surface area contributed by atoms with E-state index in [9.17, 15) is 22.8 Å². The maximum Gasteiger partial charge on any atom is 0.416 e. The van der Waals surface area contributed by atoms with Crippen molar-refractivity contribution in [2.75, 3.05) is 19.7 Å². The van der Waals surface area contributed by atoms with Gasteiger partial charge in [0.25, 0.3) is 0 Å². The standard InChI is InChI=1S/C27H23F3N6O3/c1-17-5-4-7-21-25(17)36(23-9-8-18(13-31-23)19-14-32-35-10-3-2-6-20(19)35)26(38)34(21)16-24(37)33-11-12-39-22(15-33)27(28,29)30/h2-10,13-14,22H,11-12,15-16H2,1H3. The third-order valence-corrected chi connectivity index (χ3v) is 6.95. The molecule has 0 saturated carbocycles. The number of imidazole rings is 1. The van der Waals surface area contributed by atoms with Crippen LogP contribution in [0.5, 0.6) is 0 Å². The molecule has 1 aliphatic rings. The van der Waals surface area contributed by atoms with Crippen LogP contribution in [0.4, 0.5) is 13.2 Å². The van der Waals surface area contributed by atoms with Gasteiger partial charge in [-0.05, 0) is 42.8 Å². The summed E-state index contributed by atoms with van der Waals surface area (Å²) in [4.78, 5) is 32.4. The number of nitrogens with zero attached hydrogens (tertiary/aromatic N) is 6. The minimum atomic E-state index is -4.58. The minimum absolute atomic E-state index is 0.0183. The summed E-state index contributed by atoms with van der Waals surface area (Å²) in [5.74, 6) is -0.235. The molecule has 4 aromatic heterocycles. The highest BCUT2D eigenvalue weighted by atomic mass is 19.4. The Labute approximate surface area is 219 Å². The number of rotatable bonds is 4. The summed E-state index contributed by atoms with van der Waals surface area (Å²) in [6.07, 6.45) is -1.38. The fourth-order valence-electron chi connectivity index (χ4n) is 4.98. The zero-order valence-electron chi connectivity index (χ0n) is 20.8. The maximum atomic E-state index is 13.7. The highest BCUT2D eigenvalue weighted by Crippen LogP contribution is 2.27. The van der Waals surface area contributed by atoms with Crippen molar-refractivity contribution < 1.29 is 22.7 Å². The van der Waals surface area contributed by atoms with E-state index in [1.165, 1.54) is 9.13 Å². The Bertz CT molecular complexity index is 1750. The molecule has 0 bridgehead atoms. The van der Waals surface area contributed by atoms with Crippen molar-refractivity contribution >= 4 is 22.5 Å². The van der Waals surface area contributed by atoms with Gasteiger partial charge in [0.1, 0.15) is 12.4 Å². The average molecular weight is 537 g/mol. The molecule has 1 fully saturated rings. The average Bonchev–Trinajstić information content (AvgIpc) is 3.48. The molecule has 0 spiro atoms. The summed E-state index contributed by atoms with van der Waals surface area (Å²) in [7, 11) is 0. The van der Waals surface area contributed by atoms with Gasteiger partial charge < -0.3 is 9.64 Å². The molecule has 1 aromatic carbocycles. The van der Waals surface area contributed by atoms with E-state index in [0.29, 0.717) is 16.9 Å². The Morgan fingerprint density at radius 3 is 2.67 bits per heavy atom. The number of ether oxygens (including phenoxy) is 1. The molecule has 0 aliphatic carbocycles. The topological polar surface area (TPSA) is 86.7 Å². The Morgan fingerprint density at radius 1 is 1.08 bits per heavy atom. The molecule has 1 aliphatic heterocycles. The van der Waals surface area contributed by atoms with Crippen molar-refractivity contribution in [3.63, 3.8) is 0 Å². The number of para-hydroxylation sites is 1. The number of aromatic nitrogens is 5. The van der Waals surface area contributed by atoms with Crippen molar-refractivity contribution in [1.82, 2.24) is 28.6 Å². The molecule has 1 amide bonds. The van der Waals surface area contributed by atoms with Crippen LogP contribution < -0.4 is 5.69 Å². The van der Waals surface area contributed by atoms with Gasteiger partial charge in [-0.15, -0.1) is 0 Å². The highest BCUT2D eigenvalue weighted by Gasteiger charge is 2.44. The SMILES string of the molecule is Cc1cccc2c1n(-c1ccc(-c3cnn4ccccc34)cn1)c(=O)n2CC(=O)N1CCOC(C(F)(F)F)C1. The summed E-state index contributed by atoms with van der Waals surface area (Å²) in [5, 5.41) is 4.35. The predicted octanol–water partition coefficient (Wildman–Crippen LogP) is 3.60. The Hall–Kier alpha value is -4.45. The number of aryl methyl sites for hydroxylation is 1. The molecule has 12 heteroatoms. The second kappa shape index (κ2) is 9.38. The molecule has 9 nitrogen and oxygen atoms in total. The van der Waals surface area contributed by atoms with E-state index in [0.717, 1.165) is 27.1 Å². The first-order valence-corrected chi connectivity index (χ1v) is 12.3. The van der Waals surface area contributed by atoms with Crippen LogP contribution in [-0.2, 0) is 16.1 Å². The van der Waals surface area contributed by atoms with Crippen LogP contribution in [0.1, 0.15) is 5.56 Å². The summed E-state index contributed by atoms with van der Waals surface area (Å²) in [6.45, 7) is 0.616. The molecular weight excluding hydrogens is 513 g/mol. The van der Waals surface area contributed by atoms with E-state index in [2.05, 4.69) is 10.1 Å². The number of carbonyl (C=O) groups is 1. The van der Waals surface area contributed by atoms with E-state index < -0.39 is 37.0 Å². The number of carbonyl (C=O) groups excluding carboxylic acids is 1. The van der Waals surface area contributed by atoms with Crippen LogP contribution in [-0.4, -0.2) is 66.5 Å². The minimum Gasteiger partial charge on any atom is -0.365 e. The van der Waals surface area contributed by atoms with Crippen molar-refractivity contribution in [1.29, 1.82) is 0 Å². The van der Waals surface area contributed by atoms with Gasteiger partial charge in [0, 0.05) is 30.1 Å². The molecule has 0 radical (unpaired) electrons. The fraction of sp³-hybridized carbons (Fsp3) is 0.259. The number of amides is 1. The van der Waals surface area contributed by atoms with Gasteiger partial charge in [-0.1, -0.05) is 18.2 Å². The van der Waals surface area contributed by atoms with E-state index in [1.807, 2.05) is 43.5 Å². The second-order valence-corrected chi connectivity index (χ2v) is 9.38. The normalized spacial score (nSPS) is 16.3. The summed E-state index contributed by atoms with van der Waals surface area (Å²) < 4.78 is 48.8. The Morgan fingerprint density at radius 2 is 1.90 bits per heavy atom. The number of alkyl halides is 3. The van der Waals surface area contributed by atoms with Crippen LogP contribution in [0.15, 0.2) is 71.9 Å². The van der Waals surface area contributed by atoms with Crippen molar-refractivity contribution in [3.05, 3.63) is 83.2 Å². The van der Waals surface area contributed by atoms with E-state index in [4.69, 9.17) is 4.74 Å². The number of benzene rings is 1. The van der Waals surface area contributed by atoms with Gasteiger partial charge >= 0.3 is 11.9 Å². The fourth-order valence-corrected chi connectivity index (χ4v) is 4.98. The van der Waals surface area contributed by atoms with Crippen molar-refractivity contribution in [2.24, 2.45) is 0 Å². The predicted molar refractivity (Wildman–Crippen MR) is 137 cm³/mol. The number of morpholine rings is 1. The monoisotopic (exact) mass is 536 g/mol. The molecule has 200 valence electrons. The van der Waals surface area contributed by atoms with Crippen LogP contribution in [0.2, 0.25) is 0 Å². The third-order valence-electron chi connectivity index (χ3n) is 6.95. The Balaban J connectivity index is 1.36. The molecule has 0 N–H and O–H groups in total. The second-order valence-electron chi connectivity index (χ2n) is 9.38. The molecule has 1 saturated heterocycles. The molecular formula is C27H23F3N6O3. The van der Waals surface area contributed by atoms with E-state index in [-0.39, 0.29) is 13.2 Å². The largest absolute Gasteiger partial charge is 0.416 e. The van der Waals surface area contributed by atoms with Gasteiger partial charge in [-0.2, -0.15) is 18.3 Å². The number of pyridine rings is 2. The molecule has 1 atom stereocenters. The van der Waals surface area contributed by atoms with Crippen LogP contribution >= 0.6 is 0 Å². The number of hydrogen-bond acceptors (Lipinski definition) is 5.